The highest BCUT2D eigenvalue weighted by Crippen LogP contribution is 2.28. The van der Waals surface area contributed by atoms with Crippen molar-refractivity contribution in [3.05, 3.63) is 64.2 Å². The van der Waals surface area contributed by atoms with Gasteiger partial charge in [0.2, 0.25) is 10.0 Å². The lowest BCUT2D eigenvalue weighted by molar-refractivity contribution is -0.384. The molecule has 0 heterocycles. The van der Waals surface area contributed by atoms with Crippen LogP contribution < -0.4 is 10.5 Å². The van der Waals surface area contributed by atoms with Crippen LogP contribution in [0.1, 0.15) is 18.9 Å². The number of anilines is 1. The number of nitro groups is 1. The predicted molar refractivity (Wildman–Crippen MR) is 92.3 cm³/mol. The number of aryl methyl sites for hydroxylation is 1. The third kappa shape index (κ3) is 4.77. The molecule has 0 aliphatic rings. The number of hydrogen-bond acceptors (Lipinski definition) is 5. The molecule has 0 saturated heterocycles. The molecule has 128 valence electrons. The van der Waals surface area contributed by atoms with Crippen LogP contribution >= 0.6 is 0 Å². The molecule has 0 unspecified atom stereocenters. The Morgan fingerprint density at radius 2 is 1.88 bits per heavy atom. The van der Waals surface area contributed by atoms with Gasteiger partial charge in [-0.3, -0.25) is 10.1 Å². The Labute approximate surface area is 140 Å². The Balaban J connectivity index is 2.12. The van der Waals surface area contributed by atoms with E-state index in [9.17, 15) is 18.5 Å². The van der Waals surface area contributed by atoms with Crippen LogP contribution in [0.5, 0.6) is 0 Å². The topological polar surface area (TPSA) is 115 Å². The summed E-state index contributed by atoms with van der Waals surface area (Å²) in [5.74, 6) is 0. The van der Waals surface area contributed by atoms with Crippen LogP contribution in [-0.4, -0.2) is 19.4 Å². The van der Waals surface area contributed by atoms with E-state index in [1.54, 1.807) is 0 Å². The van der Waals surface area contributed by atoms with Gasteiger partial charge in [0.05, 0.1) is 9.82 Å². The molecule has 0 aliphatic heterocycles. The zero-order valence-electron chi connectivity index (χ0n) is 13.2. The molecule has 8 heteroatoms. The quantitative estimate of drug-likeness (QED) is 0.589. The molecule has 0 bridgehead atoms. The molecule has 0 aliphatic carbocycles. The molecule has 1 atom stereocenters. The molecular weight excluding hydrogens is 330 g/mol. The Morgan fingerprint density at radius 3 is 2.46 bits per heavy atom. The second-order valence-corrected chi connectivity index (χ2v) is 7.11. The van der Waals surface area contributed by atoms with E-state index < -0.39 is 14.9 Å². The predicted octanol–water partition coefficient (Wildman–Crippen LogP) is 2.68. The maximum atomic E-state index is 11.3. The lowest BCUT2D eigenvalue weighted by Gasteiger charge is -2.15. The molecule has 0 amide bonds. The number of nitrogens with one attached hydrogen (secondary N) is 1. The summed E-state index contributed by atoms with van der Waals surface area (Å²) in [4.78, 5) is 10.3. The van der Waals surface area contributed by atoms with Crippen LogP contribution in [0, 0.1) is 10.1 Å². The Kier molecular flexibility index (Phi) is 5.53. The molecule has 0 radical (unpaired) electrons. The minimum atomic E-state index is -3.98. The number of rotatable bonds is 7. The van der Waals surface area contributed by atoms with Gasteiger partial charge in [-0.1, -0.05) is 30.3 Å². The summed E-state index contributed by atoms with van der Waals surface area (Å²) >= 11 is 0. The largest absolute Gasteiger partial charge is 0.377 e. The fourth-order valence-corrected chi connectivity index (χ4v) is 2.86. The smallest absolute Gasteiger partial charge is 0.293 e. The Bertz CT molecular complexity index is 822. The van der Waals surface area contributed by atoms with Gasteiger partial charge in [0.1, 0.15) is 5.69 Å². The maximum absolute atomic E-state index is 11.3. The first-order valence-corrected chi connectivity index (χ1v) is 8.93. The molecule has 2 rings (SSSR count). The van der Waals surface area contributed by atoms with Gasteiger partial charge in [0.15, 0.2) is 0 Å². The van der Waals surface area contributed by atoms with Crippen LogP contribution in [0.15, 0.2) is 53.4 Å². The van der Waals surface area contributed by atoms with Gasteiger partial charge in [-0.2, -0.15) is 0 Å². The maximum Gasteiger partial charge on any atom is 0.293 e. The summed E-state index contributed by atoms with van der Waals surface area (Å²) in [5.41, 5.74) is 1.14. The van der Waals surface area contributed by atoms with E-state index in [0.29, 0.717) is 0 Å². The second kappa shape index (κ2) is 7.41. The van der Waals surface area contributed by atoms with E-state index >= 15 is 0 Å². The van der Waals surface area contributed by atoms with Crippen molar-refractivity contribution in [3.8, 4) is 0 Å². The first kappa shape index (κ1) is 17.9. The number of nitro benzene ring substituents is 1. The van der Waals surface area contributed by atoms with Crippen molar-refractivity contribution >= 4 is 21.4 Å². The molecule has 7 nitrogen and oxygen atoms in total. The monoisotopic (exact) mass is 349 g/mol. The summed E-state index contributed by atoms with van der Waals surface area (Å²) < 4.78 is 22.7. The Hall–Kier alpha value is -2.45. The van der Waals surface area contributed by atoms with Crippen LogP contribution in [0.25, 0.3) is 0 Å². The van der Waals surface area contributed by atoms with Crippen molar-refractivity contribution in [1.29, 1.82) is 0 Å². The standard InChI is InChI=1S/C16H19N3O4S/c1-12(7-8-13-5-3-2-4-6-13)18-15-10-9-14(24(17,22)23)11-16(15)19(20)21/h2-6,9-12,18H,7-8H2,1H3,(H2,17,22,23)/t12-/m0/s1. The summed E-state index contributed by atoms with van der Waals surface area (Å²) in [6, 6.07) is 13.5. The number of sulfonamides is 1. The van der Waals surface area contributed by atoms with E-state index in [-0.39, 0.29) is 22.3 Å². The Morgan fingerprint density at radius 1 is 1.21 bits per heavy atom. The van der Waals surface area contributed by atoms with Crippen LogP contribution in [0.2, 0.25) is 0 Å². The average molecular weight is 349 g/mol. The van der Waals surface area contributed by atoms with Crippen LogP contribution in [0.4, 0.5) is 11.4 Å². The van der Waals surface area contributed by atoms with Gasteiger partial charge < -0.3 is 5.32 Å². The zero-order chi connectivity index (χ0) is 17.7. The minimum absolute atomic E-state index is 0.0239. The molecule has 0 spiro atoms. The summed E-state index contributed by atoms with van der Waals surface area (Å²) in [7, 11) is -3.98. The average Bonchev–Trinajstić information content (AvgIpc) is 2.53. The highest BCUT2D eigenvalue weighted by atomic mass is 32.2. The number of benzene rings is 2. The van der Waals surface area contributed by atoms with Crippen molar-refractivity contribution < 1.29 is 13.3 Å². The van der Waals surface area contributed by atoms with Gasteiger partial charge in [-0.05, 0) is 37.5 Å². The first-order valence-electron chi connectivity index (χ1n) is 7.39. The second-order valence-electron chi connectivity index (χ2n) is 5.55. The fraction of sp³-hybridized carbons (Fsp3) is 0.250. The van der Waals surface area contributed by atoms with Crippen molar-refractivity contribution in [2.75, 3.05) is 5.32 Å². The van der Waals surface area contributed by atoms with Gasteiger partial charge in [-0.25, -0.2) is 13.6 Å². The molecular formula is C16H19N3O4S. The SMILES string of the molecule is C[C@@H](CCc1ccccc1)Nc1ccc(S(N)(=O)=O)cc1[N+](=O)[O-]. The lowest BCUT2D eigenvalue weighted by Crippen LogP contribution is -2.18. The molecule has 2 aromatic rings. The number of primary sulfonamides is 1. The highest BCUT2D eigenvalue weighted by molar-refractivity contribution is 7.89. The van der Waals surface area contributed by atoms with Crippen molar-refractivity contribution in [2.45, 2.75) is 30.7 Å². The third-order valence-electron chi connectivity index (χ3n) is 3.61. The van der Waals surface area contributed by atoms with Gasteiger partial charge in [0, 0.05) is 12.1 Å². The molecule has 3 N–H and O–H groups in total. The lowest BCUT2D eigenvalue weighted by atomic mass is 10.1. The van der Waals surface area contributed by atoms with Crippen LogP contribution in [-0.2, 0) is 16.4 Å². The van der Waals surface area contributed by atoms with Gasteiger partial charge in [0.25, 0.3) is 5.69 Å². The number of nitrogens with zero attached hydrogens (tertiary/aromatic N) is 1. The molecule has 0 saturated carbocycles. The molecule has 24 heavy (non-hydrogen) atoms. The van der Waals surface area contributed by atoms with Gasteiger partial charge in [-0.15, -0.1) is 0 Å². The number of hydrogen-bond donors (Lipinski definition) is 2. The van der Waals surface area contributed by atoms with E-state index in [1.807, 2.05) is 37.3 Å². The van der Waals surface area contributed by atoms with Crippen molar-refractivity contribution in [1.82, 2.24) is 0 Å². The van der Waals surface area contributed by atoms with E-state index in [1.165, 1.54) is 17.7 Å². The normalized spacial score (nSPS) is 12.6. The molecule has 0 fully saturated rings. The molecule has 0 aromatic heterocycles. The summed E-state index contributed by atoms with van der Waals surface area (Å²) in [6.07, 6.45) is 1.61. The van der Waals surface area contributed by atoms with E-state index in [0.717, 1.165) is 18.9 Å². The minimum Gasteiger partial charge on any atom is -0.377 e. The van der Waals surface area contributed by atoms with E-state index in [2.05, 4.69) is 5.32 Å². The van der Waals surface area contributed by atoms with Crippen LogP contribution in [0.3, 0.4) is 0 Å². The summed E-state index contributed by atoms with van der Waals surface area (Å²) in [6.45, 7) is 1.92. The first-order chi connectivity index (χ1) is 11.3. The zero-order valence-corrected chi connectivity index (χ0v) is 14.0. The number of nitrogens with two attached hydrogens (primary N) is 1. The van der Waals surface area contributed by atoms with E-state index in [4.69, 9.17) is 5.14 Å². The van der Waals surface area contributed by atoms with Crippen molar-refractivity contribution in [3.63, 3.8) is 0 Å². The highest BCUT2D eigenvalue weighted by Gasteiger charge is 2.20. The summed E-state index contributed by atoms with van der Waals surface area (Å²) in [5, 5.41) is 19.3. The van der Waals surface area contributed by atoms with Gasteiger partial charge >= 0.3 is 0 Å². The fourth-order valence-electron chi connectivity index (χ4n) is 2.33. The van der Waals surface area contributed by atoms with Crippen molar-refractivity contribution in [2.24, 2.45) is 5.14 Å². The third-order valence-corrected chi connectivity index (χ3v) is 4.52. The molecule has 2 aromatic carbocycles.